The molecular weight excluding hydrogens is 472 g/mol. The van der Waals surface area contributed by atoms with Gasteiger partial charge >= 0.3 is 0 Å². The number of anilines is 1. The van der Waals surface area contributed by atoms with Gasteiger partial charge in [0, 0.05) is 24.8 Å². The van der Waals surface area contributed by atoms with E-state index in [1.165, 1.54) is 13.2 Å². The highest BCUT2D eigenvalue weighted by molar-refractivity contribution is 6.04. The number of rotatable bonds is 7. The molecule has 1 atom stereocenters. The summed E-state index contributed by atoms with van der Waals surface area (Å²) in [4.78, 5) is 31.1. The molecule has 1 fully saturated rings. The number of H-pyrrole nitrogens is 1. The summed E-state index contributed by atoms with van der Waals surface area (Å²) >= 11 is 0. The van der Waals surface area contributed by atoms with Crippen molar-refractivity contribution in [2.75, 3.05) is 25.5 Å². The Morgan fingerprint density at radius 3 is 2.89 bits per heavy atom. The van der Waals surface area contributed by atoms with Crippen LogP contribution in [0.2, 0.25) is 0 Å². The van der Waals surface area contributed by atoms with Gasteiger partial charge in [-0.2, -0.15) is 5.10 Å². The lowest BCUT2D eigenvalue weighted by Crippen LogP contribution is -2.40. The lowest BCUT2D eigenvalue weighted by molar-refractivity contribution is -0.127. The van der Waals surface area contributed by atoms with Crippen LogP contribution in [0, 0.1) is 0 Å². The maximum atomic E-state index is 12.9. The number of piperidine rings is 1. The van der Waals surface area contributed by atoms with Crippen molar-refractivity contribution in [2.24, 2.45) is 0 Å². The van der Waals surface area contributed by atoms with Gasteiger partial charge in [-0.05, 0) is 49.2 Å². The largest absolute Gasteiger partial charge is 0.495 e. The molecule has 0 saturated carbocycles. The molecule has 0 spiro atoms. The van der Waals surface area contributed by atoms with Gasteiger partial charge in [0.25, 0.3) is 5.91 Å². The van der Waals surface area contributed by atoms with Crippen LogP contribution in [0.1, 0.15) is 29.4 Å². The summed E-state index contributed by atoms with van der Waals surface area (Å²) in [6.45, 7) is 4.86. The summed E-state index contributed by atoms with van der Waals surface area (Å²) in [7, 11) is 1.54. The average molecular weight is 499 g/mol. The first-order valence-corrected chi connectivity index (χ1v) is 11.9. The minimum absolute atomic E-state index is 0.0457. The maximum Gasteiger partial charge on any atom is 0.274 e. The molecule has 0 aliphatic carbocycles. The van der Waals surface area contributed by atoms with E-state index >= 15 is 0 Å². The van der Waals surface area contributed by atoms with Crippen molar-refractivity contribution in [3.63, 3.8) is 0 Å². The molecule has 0 radical (unpaired) electrons. The Bertz CT molecular complexity index is 1430. The molecule has 1 aliphatic heterocycles. The number of aromatic amines is 1. The molecule has 11 heteroatoms. The van der Waals surface area contributed by atoms with E-state index in [9.17, 15) is 9.59 Å². The molecule has 1 saturated heterocycles. The van der Waals surface area contributed by atoms with Gasteiger partial charge < -0.3 is 15.0 Å². The molecule has 1 unspecified atom stereocenters. The van der Waals surface area contributed by atoms with Crippen molar-refractivity contribution in [2.45, 2.75) is 18.9 Å². The topological polar surface area (TPSA) is 131 Å². The van der Waals surface area contributed by atoms with Crippen molar-refractivity contribution in [1.82, 2.24) is 35.1 Å². The van der Waals surface area contributed by atoms with Crippen molar-refractivity contribution >= 4 is 17.5 Å². The summed E-state index contributed by atoms with van der Waals surface area (Å²) in [5.74, 6) is 0.0375. The Morgan fingerprint density at radius 2 is 2.11 bits per heavy atom. The van der Waals surface area contributed by atoms with E-state index < -0.39 is 0 Å². The molecule has 5 rings (SSSR count). The first-order chi connectivity index (χ1) is 18.1. The molecule has 11 nitrogen and oxygen atoms in total. The summed E-state index contributed by atoms with van der Waals surface area (Å²) < 4.78 is 7.35. The fourth-order valence-electron chi connectivity index (χ4n) is 4.34. The number of ether oxygens (including phenoxy) is 1. The highest BCUT2D eigenvalue weighted by Gasteiger charge is 2.25. The van der Waals surface area contributed by atoms with E-state index in [1.54, 1.807) is 52.2 Å². The first-order valence-electron chi connectivity index (χ1n) is 11.9. The van der Waals surface area contributed by atoms with Crippen LogP contribution in [0.3, 0.4) is 0 Å². The lowest BCUT2D eigenvalue weighted by atomic mass is 10.1. The molecule has 188 valence electrons. The highest BCUT2D eigenvalue weighted by Crippen LogP contribution is 2.31. The Labute approximate surface area is 213 Å². The fourth-order valence-corrected chi connectivity index (χ4v) is 4.34. The maximum absolute atomic E-state index is 12.9. The summed E-state index contributed by atoms with van der Waals surface area (Å²) in [5.41, 5.74) is 3.55. The molecule has 37 heavy (non-hydrogen) atoms. The van der Waals surface area contributed by atoms with Crippen molar-refractivity contribution in [3.8, 4) is 28.4 Å². The van der Waals surface area contributed by atoms with Gasteiger partial charge in [-0.25, -0.2) is 9.67 Å². The Balaban J connectivity index is 1.32. The van der Waals surface area contributed by atoms with Gasteiger partial charge in [-0.15, -0.1) is 5.10 Å². The van der Waals surface area contributed by atoms with E-state index in [-0.39, 0.29) is 23.6 Å². The Kier molecular flexibility index (Phi) is 6.75. The van der Waals surface area contributed by atoms with Crippen molar-refractivity contribution in [1.29, 1.82) is 0 Å². The summed E-state index contributed by atoms with van der Waals surface area (Å²) in [6, 6.07) is 12.4. The second-order valence-corrected chi connectivity index (χ2v) is 8.62. The number of pyridine rings is 1. The zero-order valence-corrected chi connectivity index (χ0v) is 20.3. The van der Waals surface area contributed by atoms with Crippen LogP contribution in [-0.4, -0.2) is 67.1 Å². The number of benzene rings is 1. The fraction of sp³-hybridized carbons (Fsp3) is 0.231. The number of likely N-dealkylation sites (tertiary alicyclic amines) is 1. The number of methoxy groups -OCH3 is 1. The van der Waals surface area contributed by atoms with Gasteiger partial charge in [0.15, 0.2) is 0 Å². The zero-order valence-electron chi connectivity index (χ0n) is 20.3. The van der Waals surface area contributed by atoms with Crippen LogP contribution in [0.15, 0.2) is 67.5 Å². The lowest BCUT2D eigenvalue weighted by Gasteiger charge is -2.31. The Morgan fingerprint density at radius 1 is 1.22 bits per heavy atom. The molecular formula is C26H26N8O3. The molecule has 3 aromatic heterocycles. The van der Waals surface area contributed by atoms with Gasteiger partial charge in [0.2, 0.25) is 5.91 Å². The van der Waals surface area contributed by atoms with Crippen LogP contribution in [0.25, 0.3) is 22.6 Å². The van der Waals surface area contributed by atoms with E-state index in [4.69, 9.17) is 4.74 Å². The second-order valence-electron chi connectivity index (χ2n) is 8.62. The molecule has 1 aliphatic rings. The minimum Gasteiger partial charge on any atom is -0.495 e. The van der Waals surface area contributed by atoms with Crippen LogP contribution in [-0.2, 0) is 4.79 Å². The van der Waals surface area contributed by atoms with Crippen LogP contribution in [0.5, 0.6) is 5.75 Å². The number of amides is 2. The van der Waals surface area contributed by atoms with E-state index in [1.807, 2.05) is 12.3 Å². The third-order valence-corrected chi connectivity index (χ3v) is 6.27. The number of nitrogens with one attached hydrogen (secondary N) is 2. The third-order valence-electron chi connectivity index (χ3n) is 6.27. The number of hydrogen-bond acceptors (Lipinski definition) is 7. The number of carbonyl (C=O) groups excluding carboxylic acids is 2. The van der Waals surface area contributed by atoms with Crippen molar-refractivity contribution in [3.05, 3.63) is 73.2 Å². The quantitative estimate of drug-likeness (QED) is 0.374. The molecule has 2 amide bonds. The van der Waals surface area contributed by atoms with Gasteiger partial charge in [0.05, 0.1) is 36.4 Å². The number of nitrogens with zero attached hydrogens (tertiary/aromatic N) is 6. The van der Waals surface area contributed by atoms with Crippen molar-refractivity contribution < 1.29 is 14.3 Å². The van der Waals surface area contributed by atoms with Crippen LogP contribution >= 0.6 is 0 Å². The van der Waals surface area contributed by atoms with Gasteiger partial charge in [-0.3, -0.25) is 14.7 Å². The second kappa shape index (κ2) is 10.4. The van der Waals surface area contributed by atoms with Gasteiger partial charge in [0.1, 0.15) is 17.1 Å². The molecule has 2 N–H and O–H groups in total. The van der Waals surface area contributed by atoms with E-state index in [0.717, 1.165) is 30.6 Å². The molecule has 4 aromatic rings. The zero-order chi connectivity index (χ0) is 25.8. The number of aromatic nitrogens is 6. The average Bonchev–Trinajstić information content (AvgIpc) is 3.66. The standard InChI is InChI=1S/C26H26N8O3/c1-3-25(35)33-13-5-6-18(15-33)34-16-23(31-32-34)17-9-10-21(24(14-17)37-2)29-26(36)22-8-4-7-19(28-22)20-11-12-27-30-20/h3-4,7-12,14,16,18H,1,5-6,13,15H2,2H3,(H,27,30)(H,29,36). The smallest absolute Gasteiger partial charge is 0.274 e. The number of carbonyl (C=O) groups is 2. The van der Waals surface area contributed by atoms with Crippen LogP contribution < -0.4 is 10.1 Å². The predicted octanol–water partition coefficient (Wildman–Crippen LogP) is 3.34. The van der Waals surface area contributed by atoms with E-state index in [2.05, 4.69) is 37.4 Å². The van der Waals surface area contributed by atoms with Crippen LogP contribution in [0.4, 0.5) is 5.69 Å². The molecule has 4 heterocycles. The number of hydrogen-bond donors (Lipinski definition) is 2. The first kappa shape index (κ1) is 23.9. The SMILES string of the molecule is C=CC(=O)N1CCCC(n2cc(-c3ccc(NC(=O)c4cccc(-c5ccn[nH]5)n4)c(OC)c3)nn2)C1. The molecule has 0 bridgehead atoms. The summed E-state index contributed by atoms with van der Waals surface area (Å²) in [5, 5.41) is 18.3. The summed E-state index contributed by atoms with van der Waals surface area (Å²) in [6.07, 6.45) is 6.63. The third kappa shape index (κ3) is 5.10. The minimum atomic E-state index is -0.366. The van der Waals surface area contributed by atoms with Gasteiger partial charge in [-0.1, -0.05) is 23.9 Å². The monoisotopic (exact) mass is 498 g/mol. The van der Waals surface area contributed by atoms with E-state index in [0.29, 0.717) is 29.4 Å². The normalized spacial score (nSPS) is 15.3. The highest BCUT2D eigenvalue weighted by atomic mass is 16.5. The Hall–Kier alpha value is -4.80. The molecule has 1 aromatic carbocycles. The predicted molar refractivity (Wildman–Crippen MR) is 137 cm³/mol.